The molecule has 1 N–H and O–H groups in total. The minimum Gasteiger partial charge on any atom is -0.301 e. The largest absolute Gasteiger partial charge is 0.301 e. The Labute approximate surface area is 168 Å². The normalized spacial score (nSPS) is 46.0. The highest BCUT2D eigenvalue weighted by Crippen LogP contribution is 2.70. The van der Waals surface area contributed by atoms with Crippen molar-refractivity contribution in [3.05, 3.63) is 31.6 Å². The van der Waals surface area contributed by atoms with Gasteiger partial charge in [-0.2, -0.15) is 5.26 Å². The van der Waals surface area contributed by atoms with Gasteiger partial charge in [-0.15, -0.1) is 0 Å². The van der Waals surface area contributed by atoms with Crippen LogP contribution in [0.25, 0.3) is 0 Å². The first-order valence-corrected chi connectivity index (χ1v) is 11.8. The van der Waals surface area contributed by atoms with E-state index in [1.807, 2.05) is 25.7 Å². The second-order valence-electron chi connectivity index (χ2n) is 9.64. The summed E-state index contributed by atoms with van der Waals surface area (Å²) in [7, 11) is -3.63. The lowest BCUT2D eigenvalue weighted by atomic mass is 9.69. The zero-order chi connectivity index (χ0) is 19.9. The quantitative estimate of drug-likeness (QED) is 0.761. The van der Waals surface area contributed by atoms with E-state index < -0.39 is 16.1 Å². The Bertz CT molecular complexity index is 841. The number of amides is 1. The van der Waals surface area contributed by atoms with Gasteiger partial charge in [-0.1, -0.05) is 13.8 Å². The third-order valence-electron chi connectivity index (χ3n) is 8.41. The van der Waals surface area contributed by atoms with E-state index in [9.17, 15) is 18.5 Å². The summed E-state index contributed by atoms with van der Waals surface area (Å²) in [5.74, 6) is 0.833. The van der Waals surface area contributed by atoms with Crippen LogP contribution in [0.3, 0.4) is 0 Å². The molecule has 0 aromatic rings. The Balaban J connectivity index is 1.42. The van der Waals surface area contributed by atoms with Crippen molar-refractivity contribution in [1.29, 1.82) is 5.26 Å². The van der Waals surface area contributed by atoms with Crippen molar-refractivity contribution in [2.75, 3.05) is 5.75 Å². The number of hydrogen-bond acceptors (Lipinski definition) is 5. The highest BCUT2D eigenvalue weighted by Gasteiger charge is 2.72. The van der Waals surface area contributed by atoms with E-state index in [2.05, 4.69) is 25.2 Å². The van der Waals surface area contributed by atoms with Gasteiger partial charge in [0.15, 0.2) is 0 Å². The number of carbonyl (C=O) groups is 1. The molecule has 0 aromatic carbocycles. The molecule has 1 amide bonds. The molecule has 2 bridgehead atoms. The zero-order valence-electron chi connectivity index (χ0n) is 16.3. The number of carbonyl (C=O) groups excluding carboxylic acids is 1. The lowest BCUT2D eigenvalue weighted by molar-refractivity contribution is -0.130. The molecule has 5 fully saturated rings. The van der Waals surface area contributed by atoms with Gasteiger partial charge in [-0.25, -0.2) is 12.7 Å². The van der Waals surface area contributed by atoms with Gasteiger partial charge in [-0.3, -0.25) is 4.79 Å². The molecule has 2 heterocycles. The molecule has 5 rings (SSSR count). The number of rotatable bonds is 2. The Morgan fingerprint density at radius 2 is 2.00 bits per heavy atom. The monoisotopic (exact) mass is 400 g/mol. The maximum absolute atomic E-state index is 13.4. The highest BCUT2D eigenvalue weighted by atomic mass is 32.2. The molecular formula is C21H26N3O3S. The van der Waals surface area contributed by atoms with E-state index >= 15 is 0 Å². The summed E-state index contributed by atoms with van der Waals surface area (Å²) in [5.41, 5.74) is -0.375. The Morgan fingerprint density at radius 1 is 1.29 bits per heavy atom. The zero-order valence-corrected chi connectivity index (χ0v) is 17.1. The maximum atomic E-state index is 13.4. The molecule has 6 nitrogen and oxygen atoms in total. The summed E-state index contributed by atoms with van der Waals surface area (Å²) in [6, 6.07) is 1.22. The van der Waals surface area contributed by atoms with Gasteiger partial charge >= 0.3 is 0 Å². The molecule has 28 heavy (non-hydrogen) atoms. The van der Waals surface area contributed by atoms with Crippen LogP contribution >= 0.6 is 0 Å². The molecule has 6 atom stereocenters. The van der Waals surface area contributed by atoms with Crippen LogP contribution in [-0.4, -0.2) is 42.5 Å². The fourth-order valence-electron chi connectivity index (χ4n) is 6.75. The molecule has 0 unspecified atom stereocenters. The van der Waals surface area contributed by atoms with Gasteiger partial charge in [0, 0.05) is 17.4 Å². The van der Waals surface area contributed by atoms with Crippen LogP contribution in [0.15, 0.2) is 0 Å². The van der Waals surface area contributed by atoms with Crippen molar-refractivity contribution >= 4 is 15.9 Å². The van der Waals surface area contributed by atoms with Crippen molar-refractivity contribution in [2.45, 2.75) is 57.7 Å². The number of nitrogens with zero attached hydrogens (tertiary/aromatic N) is 2. The van der Waals surface area contributed by atoms with Gasteiger partial charge in [-0.05, 0) is 62.7 Å². The SMILES string of the molecule is CC1(C)[C@@H]2CC[C@]13CS(=O)(=O)N(C(=O)[C@@H]1C[C@H](C#N)[C@H]([C]4[CH][CH][CH][CH]4)N1)[C@@H]3C2. The van der Waals surface area contributed by atoms with Crippen LogP contribution in [0, 0.1) is 65.6 Å². The summed E-state index contributed by atoms with van der Waals surface area (Å²) >= 11 is 0. The first kappa shape index (κ1) is 18.9. The topological polar surface area (TPSA) is 90.3 Å². The molecule has 7 heteroatoms. The van der Waals surface area contributed by atoms with E-state index in [0.717, 1.165) is 25.2 Å². The van der Waals surface area contributed by atoms with E-state index in [-0.39, 0.29) is 40.5 Å². The van der Waals surface area contributed by atoms with Gasteiger partial charge in [0.25, 0.3) is 5.91 Å². The Kier molecular flexibility index (Phi) is 4.01. The van der Waals surface area contributed by atoms with E-state index in [1.54, 1.807) is 0 Å². The van der Waals surface area contributed by atoms with Crippen LogP contribution in [0.4, 0.5) is 0 Å². The first-order valence-electron chi connectivity index (χ1n) is 10.1. The average molecular weight is 401 g/mol. The second kappa shape index (κ2) is 5.95. The van der Waals surface area contributed by atoms with Gasteiger partial charge in [0.2, 0.25) is 10.0 Å². The van der Waals surface area contributed by atoms with E-state index in [4.69, 9.17) is 0 Å². The molecule has 1 spiro atoms. The molecule has 2 aliphatic heterocycles. The Hall–Kier alpha value is -1.13. The first-order chi connectivity index (χ1) is 13.2. The van der Waals surface area contributed by atoms with Crippen LogP contribution in [-0.2, 0) is 14.8 Å². The minimum atomic E-state index is -3.63. The third kappa shape index (κ3) is 2.28. The van der Waals surface area contributed by atoms with Crippen LogP contribution < -0.4 is 5.32 Å². The van der Waals surface area contributed by atoms with Gasteiger partial charge in [0.1, 0.15) is 0 Å². The molecule has 0 aromatic heterocycles. The minimum absolute atomic E-state index is 0.0596. The molecule has 2 saturated heterocycles. The lowest BCUT2D eigenvalue weighted by Crippen LogP contribution is -2.51. The predicted molar refractivity (Wildman–Crippen MR) is 103 cm³/mol. The van der Waals surface area contributed by atoms with Crippen LogP contribution in [0.1, 0.15) is 39.5 Å². The standard InChI is InChI=1S/C21H26N3O3S/c1-20(2)15-7-8-21(20)12-28(26,27)24(17(21)10-15)19(25)16-9-14(11-22)18(23-16)13-5-3-4-6-13/h3-6,14-18,23H,7-10,12H2,1-2H3/t14-,15-,16+,17-,18+,21-/m1/s1. The summed E-state index contributed by atoms with van der Waals surface area (Å²) in [6.45, 7) is 4.36. The summed E-state index contributed by atoms with van der Waals surface area (Å²) in [6.07, 6.45) is 10.8. The number of nitrogens with one attached hydrogen (secondary N) is 1. The summed E-state index contributed by atoms with van der Waals surface area (Å²) in [4.78, 5) is 13.4. The number of sulfonamides is 1. The lowest BCUT2D eigenvalue weighted by Gasteiger charge is -2.37. The molecular weight excluding hydrogens is 374 g/mol. The fraction of sp³-hybridized carbons (Fsp3) is 0.667. The van der Waals surface area contributed by atoms with Crippen molar-refractivity contribution in [3.63, 3.8) is 0 Å². The number of hydrogen-bond donors (Lipinski definition) is 1. The number of fused-ring (bicyclic) bond motifs is 1. The van der Waals surface area contributed by atoms with Crippen molar-refractivity contribution in [2.24, 2.45) is 22.7 Å². The van der Waals surface area contributed by atoms with Crippen molar-refractivity contribution < 1.29 is 13.2 Å². The van der Waals surface area contributed by atoms with Gasteiger partial charge in [0.05, 0.1) is 29.8 Å². The van der Waals surface area contributed by atoms with Crippen LogP contribution in [0.5, 0.6) is 0 Å². The van der Waals surface area contributed by atoms with E-state index in [0.29, 0.717) is 12.3 Å². The molecule has 3 aliphatic carbocycles. The second-order valence-corrected chi connectivity index (χ2v) is 11.5. The average Bonchev–Trinajstić information content (AvgIpc) is 3.40. The molecule has 3 saturated carbocycles. The van der Waals surface area contributed by atoms with Crippen molar-refractivity contribution in [1.82, 2.24) is 9.62 Å². The van der Waals surface area contributed by atoms with E-state index in [1.165, 1.54) is 4.31 Å². The number of nitriles is 1. The fourth-order valence-corrected chi connectivity index (χ4v) is 9.32. The summed E-state index contributed by atoms with van der Waals surface area (Å²) in [5, 5.41) is 12.8. The highest BCUT2D eigenvalue weighted by molar-refractivity contribution is 7.90. The molecule has 5 aliphatic rings. The van der Waals surface area contributed by atoms with Gasteiger partial charge < -0.3 is 5.32 Å². The summed E-state index contributed by atoms with van der Waals surface area (Å²) < 4.78 is 27.5. The third-order valence-corrected chi connectivity index (χ3v) is 10.3. The Morgan fingerprint density at radius 3 is 2.64 bits per heavy atom. The molecule has 5 radical (unpaired) electrons. The maximum Gasteiger partial charge on any atom is 0.253 e. The smallest absolute Gasteiger partial charge is 0.253 e. The van der Waals surface area contributed by atoms with Crippen molar-refractivity contribution in [3.8, 4) is 6.07 Å². The predicted octanol–water partition coefficient (Wildman–Crippen LogP) is 1.63. The van der Waals surface area contributed by atoms with Crippen LogP contribution in [0.2, 0.25) is 0 Å². The molecule has 149 valence electrons.